The van der Waals surface area contributed by atoms with Crippen molar-refractivity contribution in [1.29, 1.82) is 0 Å². The van der Waals surface area contributed by atoms with E-state index in [1.165, 1.54) is 23.0 Å². The number of aromatic nitrogens is 2. The minimum Gasteiger partial charge on any atom is -0.337 e. The summed E-state index contributed by atoms with van der Waals surface area (Å²) in [6.07, 6.45) is 4.46. The molecule has 1 aromatic carbocycles. The van der Waals surface area contributed by atoms with Crippen molar-refractivity contribution < 1.29 is 18.4 Å². The number of carbonyl (C=O) groups is 1. The molecule has 2 fully saturated rings. The van der Waals surface area contributed by atoms with Crippen LogP contribution in [0.25, 0.3) is 0 Å². The number of likely N-dealkylation sites (tertiary alicyclic amines) is 2. The lowest BCUT2D eigenvalue weighted by molar-refractivity contribution is -0.751. The Bertz CT molecular complexity index is 862. The molecule has 3 heterocycles. The molecule has 0 saturated carbocycles. The van der Waals surface area contributed by atoms with Gasteiger partial charge in [0.2, 0.25) is 0 Å². The summed E-state index contributed by atoms with van der Waals surface area (Å²) in [7, 11) is 0. The van der Waals surface area contributed by atoms with Crippen LogP contribution in [0.1, 0.15) is 24.8 Å². The Kier molecular flexibility index (Phi) is 4.82. The van der Waals surface area contributed by atoms with Gasteiger partial charge in [-0.3, -0.25) is 14.2 Å². The second kappa shape index (κ2) is 7.26. The quantitative estimate of drug-likeness (QED) is 0.807. The van der Waals surface area contributed by atoms with Crippen LogP contribution in [0.3, 0.4) is 0 Å². The van der Waals surface area contributed by atoms with Crippen LogP contribution in [0.4, 0.5) is 4.39 Å². The Morgan fingerprint density at radius 2 is 2.04 bits per heavy atom. The maximum atomic E-state index is 13.1. The molecule has 0 bridgehead atoms. The minimum atomic E-state index is -0.496. The molecule has 8 heteroatoms. The number of hydrogen-bond donors (Lipinski definition) is 1. The smallest absolute Gasteiger partial charge is 0.337 e. The largest absolute Gasteiger partial charge is 0.426 e. The monoisotopic (exact) mass is 375 g/mol. The van der Waals surface area contributed by atoms with E-state index >= 15 is 0 Å². The lowest BCUT2D eigenvalue weighted by atomic mass is 9.79. The molecule has 0 unspecified atom stereocenters. The summed E-state index contributed by atoms with van der Waals surface area (Å²) in [6, 6.07) is 6.68. The van der Waals surface area contributed by atoms with Crippen molar-refractivity contribution in [3.05, 3.63) is 52.3 Å². The van der Waals surface area contributed by atoms with E-state index in [0.29, 0.717) is 0 Å². The van der Waals surface area contributed by atoms with Crippen LogP contribution < -0.4 is 10.3 Å². The molecular weight excluding hydrogens is 351 g/mol. The highest BCUT2D eigenvalue weighted by Gasteiger charge is 2.43. The van der Waals surface area contributed by atoms with Crippen LogP contribution in [0, 0.1) is 11.2 Å². The molecule has 27 heavy (non-hydrogen) atoms. The van der Waals surface area contributed by atoms with E-state index in [1.807, 2.05) is 17.0 Å². The Morgan fingerprint density at radius 3 is 2.78 bits per heavy atom. The van der Waals surface area contributed by atoms with Crippen LogP contribution in [-0.2, 0) is 17.9 Å². The molecular formula is C19H24FN4O3+. The first-order chi connectivity index (χ1) is 13.0. The number of amides is 1. The molecule has 1 N–H and O–H groups in total. The van der Waals surface area contributed by atoms with Gasteiger partial charge in [-0.05, 0) is 48.8 Å². The van der Waals surface area contributed by atoms with Crippen LogP contribution in [0.15, 0.2) is 39.8 Å². The Morgan fingerprint density at radius 1 is 1.22 bits per heavy atom. The Labute approximate surface area is 156 Å². The summed E-state index contributed by atoms with van der Waals surface area (Å²) in [6.45, 7) is 4.35. The molecule has 0 radical (unpaired) electrons. The maximum absolute atomic E-state index is 13.1. The van der Waals surface area contributed by atoms with Crippen molar-refractivity contribution >= 4 is 5.91 Å². The fraction of sp³-hybridized carbons (Fsp3) is 0.526. The molecule has 1 amide bonds. The summed E-state index contributed by atoms with van der Waals surface area (Å²) in [5, 5.41) is 2.42. The van der Waals surface area contributed by atoms with E-state index in [-0.39, 0.29) is 23.7 Å². The number of nitrogens with one attached hydrogen (secondary N) is 1. The molecule has 1 atom stereocenters. The fourth-order valence-corrected chi connectivity index (χ4v) is 4.38. The van der Waals surface area contributed by atoms with Crippen LogP contribution in [-0.4, -0.2) is 47.2 Å². The first kappa shape index (κ1) is 17.9. The van der Waals surface area contributed by atoms with Gasteiger partial charge in [0, 0.05) is 31.6 Å². The predicted octanol–water partition coefficient (Wildman–Crippen LogP) is 0.909. The highest BCUT2D eigenvalue weighted by molar-refractivity contribution is 5.75. The van der Waals surface area contributed by atoms with E-state index in [0.717, 1.165) is 57.5 Å². The van der Waals surface area contributed by atoms with Crippen molar-refractivity contribution in [3.8, 4) is 0 Å². The number of H-pyrrole nitrogens is 1. The molecule has 2 aliphatic rings. The van der Waals surface area contributed by atoms with E-state index in [2.05, 4.69) is 14.7 Å². The van der Waals surface area contributed by atoms with Gasteiger partial charge in [0.1, 0.15) is 5.82 Å². The molecule has 7 nitrogen and oxygen atoms in total. The topological polar surface area (TPSA) is 73.4 Å². The summed E-state index contributed by atoms with van der Waals surface area (Å²) < 4.78 is 19.1. The van der Waals surface area contributed by atoms with Gasteiger partial charge in [0.05, 0.1) is 0 Å². The molecule has 1 spiro atoms. The van der Waals surface area contributed by atoms with Gasteiger partial charge in [-0.2, -0.15) is 0 Å². The van der Waals surface area contributed by atoms with Gasteiger partial charge in [0.25, 0.3) is 18.6 Å². The minimum absolute atomic E-state index is 0.00965. The summed E-state index contributed by atoms with van der Waals surface area (Å²) in [5.74, 6) is -0.222. The van der Waals surface area contributed by atoms with Crippen molar-refractivity contribution in [2.24, 2.45) is 5.41 Å². The predicted molar refractivity (Wildman–Crippen MR) is 94.1 cm³/mol. The molecule has 4 rings (SSSR count). The number of halogens is 1. The van der Waals surface area contributed by atoms with Gasteiger partial charge >= 0.3 is 5.63 Å². The molecule has 1 aromatic heterocycles. The first-order valence-electron chi connectivity index (χ1n) is 9.34. The normalized spacial score (nSPS) is 23.2. The van der Waals surface area contributed by atoms with Crippen molar-refractivity contribution in [2.45, 2.75) is 32.4 Å². The van der Waals surface area contributed by atoms with Gasteiger partial charge in [-0.15, -0.1) is 0 Å². The zero-order valence-electron chi connectivity index (χ0n) is 15.2. The SMILES string of the molecule is O=C(C[n+]1cc(=O)o[nH]1)N1CC[C@@]2(CCCN(Cc3ccc(F)cc3)C2)C1. The van der Waals surface area contributed by atoms with Crippen LogP contribution >= 0.6 is 0 Å². The highest BCUT2D eigenvalue weighted by atomic mass is 19.1. The second-order valence-corrected chi connectivity index (χ2v) is 7.78. The third-order valence-corrected chi connectivity index (χ3v) is 5.68. The number of hydrogen-bond acceptors (Lipinski definition) is 4. The fourth-order valence-electron chi connectivity index (χ4n) is 4.38. The highest BCUT2D eigenvalue weighted by Crippen LogP contribution is 2.39. The van der Waals surface area contributed by atoms with E-state index in [9.17, 15) is 14.0 Å². The van der Waals surface area contributed by atoms with Gasteiger partial charge in [-0.25, -0.2) is 9.18 Å². The average Bonchev–Trinajstić information content (AvgIpc) is 3.24. The van der Waals surface area contributed by atoms with Crippen LogP contribution in [0.2, 0.25) is 0 Å². The Balaban J connectivity index is 1.36. The lowest BCUT2D eigenvalue weighted by Crippen LogP contribution is -2.48. The Hall–Kier alpha value is -2.48. The molecule has 144 valence electrons. The standard InChI is InChI=1S/C19H23FN4O3/c20-16-4-2-15(3-5-16)10-22-8-1-6-19(13-22)7-9-23(14-19)17(25)11-24-12-18(26)27-21-24/h2-5,12H,1,6-11,13-14H2/p+1/t19-/m1/s1. The maximum Gasteiger partial charge on any atom is 0.426 e. The van der Waals surface area contributed by atoms with Gasteiger partial charge in [-0.1, -0.05) is 16.8 Å². The van der Waals surface area contributed by atoms with Crippen molar-refractivity contribution in [2.75, 3.05) is 26.2 Å². The zero-order valence-corrected chi connectivity index (χ0v) is 15.2. The summed E-state index contributed by atoms with van der Waals surface area (Å²) in [5.41, 5.74) is 0.742. The third-order valence-electron chi connectivity index (χ3n) is 5.68. The number of rotatable bonds is 4. The molecule has 2 saturated heterocycles. The number of carbonyl (C=O) groups excluding carboxylic acids is 1. The number of benzene rings is 1. The number of nitrogens with zero attached hydrogens (tertiary/aromatic N) is 3. The van der Waals surface area contributed by atoms with E-state index < -0.39 is 5.63 Å². The zero-order chi connectivity index (χ0) is 18.9. The lowest BCUT2D eigenvalue weighted by Gasteiger charge is -2.40. The van der Waals surface area contributed by atoms with E-state index in [4.69, 9.17) is 0 Å². The number of aromatic amines is 1. The second-order valence-electron chi connectivity index (χ2n) is 7.78. The average molecular weight is 375 g/mol. The van der Waals surface area contributed by atoms with Gasteiger partial charge in [0.15, 0.2) is 0 Å². The summed E-state index contributed by atoms with van der Waals surface area (Å²) in [4.78, 5) is 27.9. The molecule has 2 aromatic rings. The van der Waals surface area contributed by atoms with Crippen molar-refractivity contribution in [1.82, 2.24) is 15.1 Å². The summed E-state index contributed by atoms with van der Waals surface area (Å²) >= 11 is 0. The van der Waals surface area contributed by atoms with E-state index in [1.54, 1.807) is 0 Å². The van der Waals surface area contributed by atoms with Crippen LogP contribution in [0.5, 0.6) is 0 Å². The molecule has 2 aliphatic heterocycles. The molecule has 0 aliphatic carbocycles. The van der Waals surface area contributed by atoms with Crippen molar-refractivity contribution in [3.63, 3.8) is 0 Å². The third kappa shape index (κ3) is 4.10. The first-order valence-corrected chi connectivity index (χ1v) is 9.34. The number of piperidine rings is 1. The van der Waals surface area contributed by atoms with Gasteiger partial charge < -0.3 is 4.90 Å².